The fourth-order valence-corrected chi connectivity index (χ4v) is 0.940. The second-order valence-electron chi connectivity index (χ2n) is 2.34. The van der Waals surface area contributed by atoms with Crippen LogP contribution in [0.1, 0.15) is 12.0 Å². The molecule has 0 atom stereocenters. The highest BCUT2D eigenvalue weighted by Crippen LogP contribution is 2.00. The van der Waals surface area contributed by atoms with E-state index in [1.54, 1.807) is 0 Å². The van der Waals surface area contributed by atoms with Gasteiger partial charge in [0.25, 0.3) is 0 Å². The van der Waals surface area contributed by atoms with Gasteiger partial charge in [-0.25, -0.2) is 0 Å². The molecule has 1 rings (SSSR count). The Bertz CT molecular complexity index is 248. The van der Waals surface area contributed by atoms with Crippen LogP contribution in [0.5, 0.6) is 0 Å². The summed E-state index contributed by atoms with van der Waals surface area (Å²) in [7, 11) is 0. The van der Waals surface area contributed by atoms with E-state index in [-0.39, 0.29) is 0 Å². The minimum atomic E-state index is 0.910. The van der Waals surface area contributed by atoms with E-state index in [9.17, 15) is 0 Å². The second-order valence-corrected chi connectivity index (χ2v) is 2.34. The molecule has 0 N–H and O–H groups in total. The van der Waals surface area contributed by atoms with E-state index in [0.29, 0.717) is 0 Å². The molecule has 1 radical (unpaired) electrons. The van der Waals surface area contributed by atoms with E-state index in [0.717, 1.165) is 12.8 Å². The molecular weight excluding hydrogens is 132 g/mol. The van der Waals surface area contributed by atoms with Gasteiger partial charge in [0, 0.05) is 13.3 Å². The first kappa shape index (κ1) is 7.88. The van der Waals surface area contributed by atoms with Crippen molar-refractivity contribution >= 4 is 0 Å². The predicted octanol–water partition coefficient (Wildman–Crippen LogP) is 2.46. The third-order valence-corrected chi connectivity index (χ3v) is 1.51. The molecule has 0 aliphatic heterocycles. The highest BCUT2D eigenvalue weighted by Gasteiger charge is 1.86. The Kier molecular flexibility index (Phi) is 3.28. The van der Waals surface area contributed by atoms with Gasteiger partial charge in [-0.2, -0.15) is 0 Å². The van der Waals surface area contributed by atoms with Gasteiger partial charge in [0.15, 0.2) is 0 Å². The molecule has 0 saturated heterocycles. The molecule has 0 nitrogen and oxygen atoms in total. The number of benzene rings is 1. The van der Waals surface area contributed by atoms with Crippen molar-refractivity contribution in [2.24, 2.45) is 0 Å². The summed E-state index contributed by atoms with van der Waals surface area (Å²) in [4.78, 5) is 0. The Labute approximate surface area is 68.3 Å². The first-order chi connectivity index (χ1) is 5.43. The number of rotatable bonds is 2. The molecule has 0 aliphatic carbocycles. The topological polar surface area (TPSA) is 0 Å². The Morgan fingerprint density at radius 2 is 1.91 bits per heavy atom. The molecule has 1 aromatic rings. The molecule has 0 fully saturated rings. The minimum absolute atomic E-state index is 0.910. The maximum atomic E-state index is 3.46. The zero-order valence-corrected chi connectivity index (χ0v) is 6.51. The van der Waals surface area contributed by atoms with Crippen LogP contribution in [0.4, 0.5) is 0 Å². The van der Waals surface area contributed by atoms with Crippen LogP contribution in [0, 0.1) is 18.8 Å². The van der Waals surface area contributed by atoms with Crippen molar-refractivity contribution in [3.05, 3.63) is 42.8 Å². The third-order valence-electron chi connectivity index (χ3n) is 1.51. The van der Waals surface area contributed by atoms with Gasteiger partial charge in [-0.3, -0.25) is 0 Å². The van der Waals surface area contributed by atoms with Crippen LogP contribution in [0.15, 0.2) is 30.3 Å². The van der Waals surface area contributed by atoms with Crippen LogP contribution in [0.25, 0.3) is 0 Å². The second kappa shape index (κ2) is 4.57. The first-order valence-electron chi connectivity index (χ1n) is 3.72. The fraction of sp³-hybridized carbons (Fsp3) is 0.182. The monoisotopic (exact) mass is 143 g/mol. The highest BCUT2D eigenvalue weighted by molar-refractivity contribution is 5.16. The number of aryl methyl sites for hydroxylation is 1. The van der Waals surface area contributed by atoms with Crippen LogP contribution in [-0.2, 0) is 6.42 Å². The van der Waals surface area contributed by atoms with Crippen molar-refractivity contribution in [1.29, 1.82) is 0 Å². The lowest BCUT2D eigenvalue weighted by molar-refractivity contribution is 1.03. The van der Waals surface area contributed by atoms with Crippen molar-refractivity contribution in [2.75, 3.05) is 0 Å². The van der Waals surface area contributed by atoms with Crippen molar-refractivity contribution in [2.45, 2.75) is 12.8 Å². The molecule has 0 aliphatic rings. The van der Waals surface area contributed by atoms with Gasteiger partial charge in [0.2, 0.25) is 0 Å². The lowest BCUT2D eigenvalue weighted by Gasteiger charge is -1.93. The van der Waals surface area contributed by atoms with Crippen LogP contribution >= 0.6 is 0 Å². The lowest BCUT2D eigenvalue weighted by Crippen LogP contribution is -1.80. The average molecular weight is 143 g/mol. The summed E-state index contributed by atoms with van der Waals surface area (Å²) >= 11 is 0. The van der Waals surface area contributed by atoms with Crippen molar-refractivity contribution in [3.63, 3.8) is 0 Å². The molecule has 55 valence electrons. The summed E-state index contributed by atoms with van der Waals surface area (Å²) in [6.45, 7) is 3.46. The van der Waals surface area contributed by atoms with Gasteiger partial charge in [0.1, 0.15) is 0 Å². The van der Waals surface area contributed by atoms with Gasteiger partial charge in [-0.15, -0.1) is 11.8 Å². The smallest absolute Gasteiger partial charge is 0.0198 e. The Balaban J connectivity index is 2.43. The molecule has 0 saturated carbocycles. The van der Waals surface area contributed by atoms with Gasteiger partial charge in [-0.1, -0.05) is 30.3 Å². The molecule has 0 unspecified atom stereocenters. The van der Waals surface area contributed by atoms with E-state index < -0.39 is 0 Å². The van der Waals surface area contributed by atoms with E-state index in [4.69, 9.17) is 0 Å². The SMILES string of the molecule is [CH2]C#CCCc1ccccc1. The van der Waals surface area contributed by atoms with Gasteiger partial charge < -0.3 is 0 Å². The van der Waals surface area contributed by atoms with E-state index >= 15 is 0 Å². The molecule has 0 aromatic heterocycles. The molecule has 0 heteroatoms. The average Bonchev–Trinajstić information content (AvgIpc) is 2.07. The van der Waals surface area contributed by atoms with Crippen LogP contribution in [0.2, 0.25) is 0 Å². The Morgan fingerprint density at radius 3 is 2.55 bits per heavy atom. The molecule has 0 amide bonds. The quantitative estimate of drug-likeness (QED) is 0.558. The lowest BCUT2D eigenvalue weighted by atomic mass is 10.1. The molecule has 0 bridgehead atoms. The maximum absolute atomic E-state index is 3.46. The standard InChI is InChI=1S/C11H11/c1-2-3-5-8-11-9-6-4-7-10-11/h4,6-7,9-10H,1,5,8H2. The molecule has 0 spiro atoms. The van der Waals surface area contributed by atoms with Gasteiger partial charge in [-0.05, 0) is 12.0 Å². The molecule has 11 heavy (non-hydrogen) atoms. The van der Waals surface area contributed by atoms with Crippen molar-refractivity contribution in [3.8, 4) is 11.8 Å². The summed E-state index contributed by atoms with van der Waals surface area (Å²) in [6.07, 6.45) is 1.94. The van der Waals surface area contributed by atoms with Gasteiger partial charge >= 0.3 is 0 Å². The maximum Gasteiger partial charge on any atom is 0.0198 e. The molecule has 0 heterocycles. The highest BCUT2D eigenvalue weighted by atomic mass is 13.9. The van der Waals surface area contributed by atoms with E-state index in [1.165, 1.54) is 5.56 Å². The summed E-state index contributed by atoms with van der Waals surface area (Å²) in [6, 6.07) is 10.4. The molecule has 1 aromatic carbocycles. The van der Waals surface area contributed by atoms with E-state index in [2.05, 4.69) is 30.9 Å². The largest absolute Gasteiger partial charge is 0.103 e. The minimum Gasteiger partial charge on any atom is -0.103 e. The van der Waals surface area contributed by atoms with Crippen LogP contribution < -0.4 is 0 Å². The number of hydrogen-bond acceptors (Lipinski definition) is 0. The van der Waals surface area contributed by atoms with E-state index in [1.807, 2.05) is 18.2 Å². The normalized spacial score (nSPS) is 8.45. The van der Waals surface area contributed by atoms with Crippen molar-refractivity contribution in [1.82, 2.24) is 0 Å². The van der Waals surface area contributed by atoms with Crippen LogP contribution in [0.3, 0.4) is 0 Å². The predicted molar refractivity (Wildman–Crippen MR) is 47.9 cm³/mol. The zero-order valence-electron chi connectivity index (χ0n) is 6.51. The van der Waals surface area contributed by atoms with Crippen molar-refractivity contribution < 1.29 is 0 Å². The Morgan fingerprint density at radius 1 is 1.18 bits per heavy atom. The Hall–Kier alpha value is -1.22. The zero-order chi connectivity index (χ0) is 7.94. The number of hydrogen-bond donors (Lipinski definition) is 0. The fourth-order valence-electron chi connectivity index (χ4n) is 0.940. The summed E-state index contributed by atoms with van der Waals surface area (Å²) in [5, 5.41) is 0. The molecular formula is C11H11. The van der Waals surface area contributed by atoms with Gasteiger partial charge in [0.05, 0.1) is 0 Å². The third kappa shape index (κ3) is 2.91. The summed E-state index contributed by atoms with van der Waals surface area (Å²) in [5.74, 6) is 5.57. The first-order valence-corrected chi connectivity index (χ1v) is 3.72. The summed E-state index contributed by atoms with van der Waals surface area (Å²) < 4.78 is 0. The van der Waals surface area contributed by atoms with Crippen LogP contribution in [-0.4, -0.2) is 0 Å². The summed E-state index contributed by atoms with van der Waals surface area (Å²) in [5.41, 5.74) is 1.34.